The van der Waals surface area contributed by atoms with E-state index in [1.54, 1.807) is 35.6 Å². The van der Waals surface area contributed by atoms with Gasteiger partial charge in [-0.2, -0.15) is 4.31 Å². The van der Waals surface area contributed by atoms with Gasteiger partial charge in [0.25, 0.3) is 5.91 Å². The summed E-state index contributed by atoms with van der Waals surface area (Å²) in [7, 11) is -0.169. The summed E-state index contributed by atoms with van der Waals surface area (Å²) in [5.41, 5.74) is 4.04. The van der Waals surface area contributed by atoms with Crippen molar-refractivity contribution < 1.29 is 22.0 Å². The Morgan fingerprint density at radius 3 is 2.55 bits per heavy atom. The smallest absolute Gasteiger partial charge is 0.255 e. The highest BCUT2D eigenvalue weighted by Crippen LogP contribution is 2.43. The van der Waals surface area contributed by atoms with Crippen molar-refractivity contribution in [2.24, 2.45) is 0 Å². The van der Waals surface area contributed by atoms with Gasteiger partial charge in [0.1, 0.15) is 17.2 Å². The highest BCUT2D eigenvalue weighted by atomic mass is 32.2. The quantitative estimate of drug-likeness (QED) is 0.262. The molecule has 1 amide bonds. The van der Waals surface area contributed by atoms with Crippen molar-refractivity contribution in [1.82, 2.24) is 9.62 Å². The zero-order valence-corrected chi connectivity index (χ0v) is 24.5. The first kappa shape index (κ1) is 28.2. The molecule has 3 aromatic carbocycles. The number of rotatable bonds is 7. The molecule has 5 rings (SSSR count). The molecule has 1 N–H and O–H groups in total. The molecule has 7 nitrogen and oxygen atoms in total. The third kappa shape index (κ3) is 5.11. The molecule has 1 fully saturated rings. The fraction of sp³-hybridized carbons (Fsp3) is 0.300. The van der Waals surface area contributed by atoms with Crippen molar-refractivity contribution >= 4 is 44.5 Å². The Morgan fingerprint density at radius 2 is 1.88 bits per heavy atom. The highest BCUT2D eigenvalue weighted by molar-refractivity contribution is 7.99. The summed E-state index contributed by atoms with van der Waals surface area (Å²) in [6.07, 6.45) is 3.48. The predicted octanol–water partition coefficient (Wildman–Crippen LogP) is 6.19. The number of nitrogens with one attached hydrogen (secondary N) is 1. The van der Waals surface area contributed by atoms with E-state index in [1.165, 1.54) is 24.1 Å². The number of carbonyl (C=O) groups excluding carboxylic acids is 1. The van der Waals surface area contributed by atoms with Gasteiger partial charge in [0.15, 0.2) is 0 Å². The molecule has 40 heavy (non-hydrogen) atoms. The lowest BCUT2D eigenvalue weighted by Crippen LogP contribution is -2.39. The molecule has 10 heteroatoms. The van der Waals surface area contributed by atoms with E-state index in [0.717, 1.165) is 23.2 Å². The molecule has 0 aliphatic carbocycles. The number of halogens is 1. The maximum Gasteiger partial charge on any atom is 0.255 e. The van der Waals surface area contributed by atoms with Gasteiger partial charge in [-0.3, -0.25) is 4.79 Å². The number of benzene rings is 3. The van der Waals surface area contributed by atoms with Gasteiger partial charge in [-0.15, -0.1) is 0 Å². The molecular weight excluding hydrogens is 549 g/mol. The van der Waals surface area contributed by atoms with E-state index in [1.807, 2.05) is 48.8 Å². The number of nitrogens with zero attached hydrogens (tertiary/aromatic N) is 2. The molecule has 1 atom stereocenters. The summed E-state index contributed by atoms with van der Waals surface area (Å²) in [4.78, 5) is 13.5. The highest BCUT2D eigenvalue weighted by Gasteiger charge is 2.34. The van der Waals surface area contributed by atoms with Gasteiger partial charge in [-0.05, 0) is 73.2 Å². The Balaban J connectivity index is 1.64. The van der Waals surface area contributed by atoms with Crippen molar-refractivity contribution in [2.45, 2.75) is 30.6 Å². The first-order valence-electron chi connectivity index (χ1n) is 13.1. The standard InChI is InChI=1S/C30H32FN3O4S2/c1-19-8-5-6-10-27(19)40(36,37)34-15-7-9-21(18-34)23-16-24-26(17-25(23)33(3)39-4)38-29(28(24)30(35)32-2)20-11-13-22(31)14-12-20/h5-6,8,10-14,16-17,21H,7,9,15,18H2,1-4H3,(H,32,35)/t21-/m0/s1. The van der Waals surface area contributed by atoms with E-state index in [9.17, 15) is 17.6 Å². The summed E-state index contributed by atoms with van der Waals surface area (Å²) < 4.78 is 50.8. The Morgan fingerprint density at radius 1 is 1.15 bits per heavy atom. The van der Waals surface area contributed by atoms with Crippen LogP contribution in [0.2, 0.25) is 0 Å². The maximum atomic E-state index is 13.7. The number of anilines is 1. The molecule has 0 radical (unpaired) electrons. The predicted molar refractivity (Wildman–Crippen MR) is 159 cm³/mol. The summed E-state index contributed by atoms with van der Waals surface area (Å²) >= 11 is 1.53. The van der Waals surface area contributed by atoms with Gasteiger partial charge in [-0.25, -0.2) is 12.8 Å². The van der Waals surface area contributed by atoms with Gasteiger partial charge in [0.05, 0.1) is 16.1 Å². The zero-order chi connectivity index (χ0) is 28.6. The fourth-order valence-corrected chi connectivity index (χ4v) is 7.51. The number of fused-ring (bicyclic) bond motifs is 1. The van der Waals surface area contributed by atoms with Crippen LogP contribution in [-0.2, 0) is 10.0 Å². The van der Waals surface area contributed by atoms with Crippen LogP contribution in [0.4, 0.5) is 10.1 Å². The van der Waals surface area contributed by atoms with E-state index in [-0.39, 0.29) is 17.6 Å². The molecule has 1 aliphatic rings. The average Bonchev–Trinajstić information content (AvgIpc) is 3.34. The fourth-order valence-electron chi connectivity index (χ4n) is 5.40. The second-order valence-electron chi connectivity index (χ2n) is 9.95. The lowest BCUT2D eigenvalue weighted by atomic mass is 9.89. The zero-order valence-electron chi connectivity index (χ0n) is 22.9. The van der Waals surface area contributed by atoms with Crippen LogP contribution in [0.3, 0.4) is 0 Å². The van der Waals surface area contributed by atoms with Crippen LogP contribution in [0, 0.1) is 12.7 Å². The number of aryl methyl sites for hydroxylation is 1. The summed E-state index contributed by atoms with van der Waals surface area (Å²) in [5, 5.41) is 3.33. The Bertz CT molecular complexity index is 1670. The van der Waals surface area contributed by atoms with Gasteiger partial charge in [0.2, 0.25) is 10.0 Å². The lowest BCUT2D eigenvalue weighted by molar-refractivity contribution is 0.0964. The number of furan rings is 1. The molecule has 2 heterocycles. The Hall–Kier alpha value is -3.34. The summed E-state index contributed by atoms with van der Waals surface area (Å²) in [6, 6.07) is 16.8. The maximum absolute atomic E-state index is 13.7. The van der Waals surface area contributed by atoms with Crippen molar-refractivity contribution in [3.63, 3.8) is 0 Å². The van der Waals surface area contributed by atoms with E-state index in [0.29, 0.717) is 52.3 Å². The topological polar surface area (TPSA) is 82.9 Å². The molecule has 0 unspecified atom stereocenters. The number of hydrogen-bond acceptors (Lipinski definition) is 6. The molecule has 1 aliphatic heterocycles. The van der Waals surface area contributed by atoms with Crippen LogP contribution in [0.15, 0.2) is 70.0 Å². The van der Waals surface area contributed by atoms with E-state index in [2.05, 4.69) is 5.32 Å². The molecule has 0 saturated carbocycles. The lowest BCUT2D eigenvalue weighted by Gasteiger charge is -2.34. The van der Waals surface area contributed by atoms with Crippen LogP contribution in [0.5, 0.6) is 0 Å². The normalized spacial score (nSPS) is 16.3. The van der Waals surface area contributed by atoms with Gasteiger partial charge in [-0.1, -0.05) is 30.1 Å². The molecule has 0 bridgehead atoms. The minimum Gasteiger partial charge on any atom is -0.455 e. The monoisotopic (exact) mass is 581 g/mol. The van der Waals surface area contributed by atoms with E-state index < -0.39 is 10.0 Å². The van der Waals surface area contributed by atoms with E-state index in [4.69, 9.17) is 4.42 Å². The average molecular weight is 582 g/mol. The molecule has 4 aromatic rings. The van der Waals surface area contributed by atoms with Crippen LogP contribution >= 0.6 is 11.9 Å². The molecule has 210 valence electrons. The number of sulfonamides is 1. The van der Waals surface area contributed by atoms with Crippen molar-refractivity contribution in [2.75, 3.05) is 37.7 Å². The van der Waals surface area contributed by atoms with Gasteiger partial charge < -0.3 is 14.0 Å². The van der Waals surface area contributed by atoms with Gasteiger partial charge >= 0.3 is 0 Å². The first-order valence-corrected chi connectivity index (χ1v) is 15.7. The summed E-state index contributed by atoms with van der Waals surface area (Å²) in [6.45, 7) is 2.59. The number of carbonyl (C=O) groups is 1. The molecular formula is C30H32FN3O4S2. The number of amides is 1. The first-order chi connectivity index (χ1) is 19.1. The minimum atomic E-state index is -3.67. The molecule has 0 spiro atoms. The van der Waals surface area contributed by atoms with Crippen molar-refractivity contribution in [3.8, 4) is 11.3 Å². The molecule has 1 saturated heterocycles. The minimum absolute atomic E-state index is 0.0942. The van der Waals surface area contributed by atoms with Crippen molar-refractivity contribution in [1.29, 1.82) is 0 Å². The second-order valence-corrected chi connectivity index (χ2v) is 12.8. The van der Waals surface area contributed by atoms with Crippen LogP contribution in [-0.4, -0.2) is 52.1 Å². The third-order valence-electron chi connectivity index (χ3n) is 7.55. The van der Waals surface area contributed by atoms with Crippen LogP contribution in [0.1, 0.15) is 40.2 Å². The Labute approximate surface area is 238 Å². The Kier molecular flexibility index (Phi) is 7.94. The van der Waals surface area contributed by atoms with Crippen LogP contribution in [0.25, 0.3) is 22.3 Å². The summed E-state index contributed by atoms with van der Waals surface area (Å²) in [5.74, 6) is -0.433. The number of piperidine rings is 1. The largest absolute Gasteiger partial charge is 0.455 e. The second kappa shape index (κ2) is 11.3. The van der Waals surface area contributed by atoms with Crippen LogP contribution < -0.4 is 9.62 Å². The van der Waals surface area contributed by atoms with E-state index >= 15 is 0 Å². The molecule has 1 aromatic heterocycles. The van der Waals surface area contributed by atoms with Crippen molar-refractivity contribution in [3.05, 3.63) is 83.2 Å². The number of hydrogen-bond donors (Lipinski definition) is 1. The third-order valence-corrected chi connectivity index (χ3v) is 10.3. The SMILES string of the molecule is CNC(=O)c1c(-c2ccc(F)cc2)oc2cc(N(C)SC)c([C@H]3CCCN(S(=O)(=O)c4ccccc4C)C3)cc12. The van der Waals surface area contributed by atoms with Gasteiger partial charge in [0, 0.05) is 50.5 Å².